The minimum atomic E-state index is 1.25. The highest BCUT2D eigenvalue weighted by atomic mass is 127. The lowest BCUT2D eigenvalue weighted by molar-refractivity contribution is 1.13. The van der Waals surface area contributed by atoms with Gasteiger partial charge in [-0.3, -0.25) is 0 Å². The molecule has 0 saturated carbocycles. The van der Waals surface area contributed by atoms with Crippen molar-refractivity contribution in [2.24, 2.45) is 0 Å². The summed E-state index contributed by atoms with van der Waals surface area (Å²) in [6, 6.07) is 10.7. The van der Waals surface area contributed by atoms with E-state index in [4.69, 9.17) is 0 Å². The van der Waals surface area contributed by atoms with Crippen LogP contribution in [0.3, 0.4) is 0 Å². The minimum absolute atomic E-state index is 1.25. The molecule has 0 bridgehead atoms. The Labute approximate surface area is 107 Å². The lowest BCUT2D eigenvalue weighted by Gasteiger charge is -2.06. The van der Waals surface area contributed by atoms with E-state index in [0.29, 0.717) is 0 Å². The predicted octanol–water partition coefficient (Wildman–Crippen LogP) is 4.62. The van der Waals surface area contributed by atoms with E-state index in [1.807, 2.05) is 23.5 Å². The van der Waals surface area contributed by atoms with Crippen LogP contribution in [0.4, 0.5) is 0 Å². The third-order valence-electron chi connectivity index (χ3n) is 1.98. The molecule has 0 aromatic heterocycles. The number of benzene rings is 1. The van der Waals surface area contributed by atoms with E-state index in [1.54, 1.807) is 0 Å². The summed E-state index contributed by atoms with van der Waals surface area (Å²) in [5.41, 5.74) is 1.37. The second-order valence-corrected chi connectivity index (χ2v) is 7.04. The second kappa shape index (κ2) is 5.47. The zero-order valence-electron chi connectivity index (χ0n) is 7.70. The lowest BCUT2D eigenvalue weighted by atomic mass is 10.2. The Balaban J connectivity index is 2.31. The first-order valence-corrected chi connectivity index (χ1v) is 7.64. The van der Waals surface area contributed by atoms with Crippen LogP contribution >= 0.6 is 46.1 Å². The van der Waals surface area contributed by atoms with Crippen molar-refractivity contribution < 1.29 is 0 Å². The van der Waals surface area contributed by atoms with E-state index in [1.165, 1.54) is 31.3 Å². The van der Waals surface area contributed by atoms with Crippen LogP contribution in [0.25, 0.3) is 4.91 Å². The van der Waals surface area contributed by atoms with Crippen LogP contribution in [-0.2, 0) is 0 Å². The van der Waals surface area contributed by atoms with Crippen LogP contribution in [-0.4, -0.2) is 11.5 Å². The van der Waals surface area contributed by atoms with Crippen LogP contribution in [0.1, 0.15) is 12.0 Å². The lowest BCUT2D eigenvalue weighted by Crippen LogP contribution is -1.81. The molecule has 0 atom stereocenters. The predicted molar refractivity (Wildman–Crippen MR) is 76.9 cm³/mol. The molecule has 0 saturated heterocycles. The second-order valence-electron chi connectivity index (χ2n) is 3.02. The number of hydrogen-bond acceptors (Lipinski definition) is 2. The van der Waals surface area contributed by atoms with Gasteiger partial charge < -0.3 is 0 Å². The molecule has 1 aromatic carbocycles. The SMILES string of the molecule is IC1=C(c2ccccc2)SCCCS1. The number of halogens is 1. The minimum Gasteiger partial charge on any atom is -0.124 e. The largest absolute Gasteiger partial charge is 0.124 e. The Kier molecular flexibility index (Phi) is 4.25. The van der Waals surface area contributed by atoms with Gasteiger partial charge in [-0.05, 0) is 46.1 Å². The molecular weight excluding hydrogens is 323 g/mol. The first kappa shape index (κ1) is 10.9. The monoisotopic (exact) mass is 334 g/mol. The van der Waals surface area contributed by atoms with Gasteiger partial charge in [0.25, 0.3) is 0 Å². The highest BCUT2D eigenvalue weighted by Gasteiger charge is 2.11. The van der Waals surface area contributed by atoms with E-state index in [-0.39, 0.29) is 0 Å². The third-order valence-corrected chi connectivity index (χ3v) is 6.12. The van der Waals surface area contributed by atoms with Gasteiger partial charge in [-0.1, -0.05) is 30.3 Å². The fraction of sp³-hybridized carbons (Fsp3) is 0.273. The van der Waals surface area contributed by atoms with Crippen molar-refractivity contribution in [2.75, 3.05) is 11.5 Å². The van der Waals surface area contributed by atoms with Crippen molar-refractivity contribution in [3.05, 3.63) is 38.8 Å². The van der Waals surface area contributed by atoms with Gasteiger partial charge in [0.15, 0.2) is 0 Å². The van der Waals surface area contributed by atoms with E-state index in [9.17, 15) is 0 Å². The maximum absolute atomic E-state index is 2.47. The molecule has 0 unspecified atom stereocenters. The topological polar surface area (TPSA) is 0 Å². The molecular formula is C11H11IS2. The number of rotatable bonds is 1. The summed E-state index contributed by atoms with van der Waals surface area (Å²) in [4.78, 5) is 1.47. The standard InChI is InChI=1S/C11H11IS2/c12-11-10(13-7-4-8-14-11)9-5-2-1-3-6-9/h1-3,5-6H,4,7-8H2. The maximum atomic E-state index is 2.47. The van der Waals surface area contributed by atoms with Crippen molar-refractivity contribution in [2.45, 2.75) is 6.42 Å². The first-order chi connectivity index (χ1) is 6.88. The van der Waals surface area contributed by atoms with Crippen molar-refractivity contribution in [1.82, 2.24) is 0 Å². The normalized spacial score (nSPS) is 18.1. The van der Waals surface area contributed by atoms with Gasteiger partial charge in [-0.2, -0.15) is 0 Å². The van der Waals surface area contributed by atoms with Gasteiger partial charge in [0.05, 0.1) is 2.91 Å². The Bertz CT molecular complexity index is 332. The van der Waals surface area contributed by atoms with Crippen LogP contribution in [0.15, 0.2) is 33.2 Å². The van der Waals surface area contributed by atoms with E-state index < -0.39 is 0 Å². The molecule has 0 nitrogen and oxygen atoms in total. The molecule has 1 aliphatic heterocycles. The molecule has 3 heteroatoms. The maximum Gasteiger partial charge on any atom is 0.0599 e. The average Bonchev–Trinajstić information content (AvgIpc) is 2.44. The van der Waals surface area contributed by atoms with Crippen LogP contribution in [0.5, 0.6) is 0 Å². The fourth-order valence-corrected chi connectivity index (χ4v) is 4.90. The smallest absolute Gasteiger partial charge is 0.0599 e. The Hall–Kier alpha value is 0.390. The van der Waals surface area contributed by atoms with Gasteiger partial charge in [0, 0.05) is 4.91 Å². The van der Waals surface area contributed by atoms with Crippen molar-refractivity contribution in [3.63, 3.8) is 0 Å². The number of thioether (sulfide) groups is 2. The van der Waals surface area contributed by atoms with Crippen molar-refractivity contribution in [1.29, 1.82) is 0 Å². The van der Waals surface area contributed by atoms with Crippen molar-refractivity contribution >= 4 is 51.0 Å². The number of hydrogen-bond donors (Lipinski definition) is 0. The zero-order chi connectivity index (χ0) is 9.80. The van der Waals surface area contributed by atoms with E-state index in [2.05, 4.69) is 52.9 Å². The third kappa shape index (κ3) is 2.70. The molecule has 1 aromatic rings. The molecule has 0 fully saturated rings. The average molecular weight is 334 g/mol. The summed E-state index contributed by atoms with van der Waals surface area (Å²) in [5, 5.41) is 0. The Morgan fingerprint density at radius 1 is 1.00 bits per heavy atom. The van der Waals surface area contributed by atoms with Gasteiger partial charge in [-0.25, -0.2) is 0 Å². The highest BCUT2D eigenvalue weighted by molar-refractivity contribution is 14.1. The summed E-state index contributed by atoms with van der Waals surface area (Å²) < 4.78 is 1.45. The Morgan fingerprint density at radius 3 is 2.50 bits per heavy atom. The summed E-state index contributed by atoms with van der Waals surface area (Å²) in [6.45, 7) is 0. The molecule has 2 rings (SSSR count). The first-order valence-electron chi connectivity index (χ1n) is 4.59. The highest BCUT2D eigenvalue weighted by Crippen LogP contribution is 2.42. The van der Waals surface area contributed by atoms with Gasteiger partial charge in [-0.15, -0.1) is 23.5 Å². The molecule has 0 amide bonds. The molecule has 1 aliphatic rings. The molecule has 0 radical (unpaired) electrons. The summed E-state index contributed by atoms with van der Waals surface area (Å²) in [7, 11) is 0. The molecule has 0 aliphatic carbocycles. The Morgan fingerprint density at radius 2 is 1.71 bits per heavy atom. The molecule has 0 spiro atoms. The van der Waals surface area contributed by atoms with Crippen LogP contribution in [0.2, 0.25) is 0 Å². The summed E-state index contributed by atoms with van der Waals surface area (Å²) in [5.74, 6) is 2.52. The molecule has 0 N–H and O–H groups in total. The fourth-order valence-electron chi connectivity index (χ4n) is 1.30. The van der Waals surface area contributed by atoms with Crippen LogP contribution < -0.4 is 0 Å². The zero-order valence-corrected chi connectivity index (χ0v) is 11.5. The quantitative estimate of drug-likeness (QED) is 0.688. The molecule has 1 heterocycles. The molecule has 74 valence electrons. The molecule has 14 heavy (non-hydrogen) atoms. The van der Waals surface area contributed by atoms with Gasteiger partial charge >= 0.3 is 0 Å². The van der Waals surface area contributed by atoms with E-state index >= 15 is 0 Å². The summed E-state index contributed by atoms with van der Waals surface area (Å²) >= 11 is 6.45. The van der Waals surface area contributed by atoms with Gasteiger partial charge in [0.1, 0.15) is 0 Å². The summed E-state index contributed by atoms with van der Waals surface area (Å²) in [6.07, 6.45) is 1.32. The van der Waals surface area contributed by atoms with Crippen molar-refractivity contribution in [3.8, 4) is 0 Å². The van der Waals surface area contributed by atoms with E-state index in [0.717, 1.165) is 0 Å². The van der Waals surface area contributed by atoms with Crippen LogP contribution in [0, 0.1) is 0 Å². The van der Waals surface area contributed by atoms with Gasteiger partial charge in [0.2, 0.25) is 0 Å².